The maximum Gasteiger partial charge on any atom is 0.321 e. The summed E-state index contributed by atoms with van der Waals surface area (Å²) in [5, 5.41) is 20.5. The van der Waals surface area contributed by atoms with E-state index >= 15 is 0 Å². The SMILES string of the molecule is COc1cc(NS(=O)(=O)c2ccc(N=Cc3c(C)c(C#N)c(=O)n(Cc4ccccc4)c3O)cc2)nc(OC)n1. The number of nitriles is 1. The predicted molar refractivity (Wildman–Crippen MR) is 147 cm³/mol. The molecule has 0 unspecified atom stereocenters. The molecule has 2 N–H and O–H groups in total. The van der Waals surface area contributed by atoms with E-state index in [0.29, 0.717) is 5.69 Å². The van der Waals surface area contributed by atoms with Crippen molar-refractivity contribution < 1.29 is 23.0 Å². The number of hydrogen-bond acceptors (Lipinski definition) is 10. The number of rotatable bonds is 9. The summed E-state index contributed by atoms with van der Waals surface area (Å²) in [6.45, 7) is 1.61. The summed E-state index contributed by atoms with van der Waals surface area (Å²) in [6.07, 6.45) is 1.33. The second kappa shape index (κ2) is 11.7. The molecule has 0 amide bonds. The number of aliphatic imine (C=N–C) groups is 1. The van der Waals surface area contributed by atoms with Crippen molar-refractivity contribution in [1.82, 2.24) is 14.5 Å². The topological polar surface area (TPSA) is 169 Å². The van der Waals surface area contributed by atoms with Crippen molar-refractivity contribution in [1.29, 1.82) is 5.26 Å². The first kappa shape index (κ1) is 27.8. The first-order valence-electron chi connectivity index (χ1n) is 11.7. The van der Waals surface area contributed by atoms with Gasteiger partial charge in [0.2, 0.25) is 11.8 Å². The van der Waals surface area contributed by atoms with Gasteiger partial charge in [-0.1, -0.05) is 30.3 Å². The Morgan fingerprint density at radius 3 is 2.42 bits per heavy atom. The minimum absolute atomic E-state index is 0.0457. The Balaban J connectivity index is 1.62. The zero-order chi connectivity index (χ0) is 28.9. The van der Waals surface area contributed by atoms with Crippen LogP contribution in [-0.4, -0.2) is 48.5 Å². The fourth-order valence-corrected chi connectivity index (χ4v) is 4.73. The number of sulfonamides is 1. The number of hydrogen-bond donors (Lipinski definition) is 2. The van der Waals surface area contributed by atoms with E-state index in [1.54, 1.807) is 31.2 Å². The van der Waals surface area contributed by atoms with Crippen molar-refractivity contribution in [2.45, 2.75) is 18.4 Å². The molecule has 2 aromatic heterocycles. The molecule has 0 radical (unpaired) electrons. The third kappa shape index (κ3) is 5.92. The number of benzene rings is 2. The Morgan fingerprint density at radius 2 is 1.80 bits per heavy atom. The van der Waals surface area contributed by atoms with Gasteiger partial charge in [0, 0.05) is 12.3 Å². The Morgan fingerprint density at radius 1 is 1.10 bits per heavy atom. The van der Waals surface area contributed by atoms with Crippen molar-refractivity contribution >= 4 is 27.7 Å². The molecule has 0 spiro atoms. The number of ether oxygens (including phenoxy) is 2. The third-order valence-electron chi connectivity index (χ3n) is 5.83. The number of methoxy groups -OCH3 is 2. The molecule has 4 rings (SSSR count). The van der Waals surface area contributed by atoms with E-state index in [0.717, 1.165) is 10.1 Å². The van der Waals surface area contributed by atoms with Crippen molar-refractivity contribution in [3.05, 3.63) is 93.3 Å². The molecule has 0 saturated carbocycles. The third-order valence-corrected chi connectivity index (χ3v) is 7.20. The highest BCUT2D eigenvalue weighted by molar-refractivity contribution is 7.92. The molecule has 2 heterocycles. The lowest BCUT2D eigenvalue weighted by Gasteiger charge is -2.14. The summed E-state index contributed by atoms with van der Waals surface area (Å²) in [7, 11) is -1.31. The van der Waals surface area contributed by atoms with Gasteiger partial charge in [-0.2, -0.15) is 15.2 Å². The molecule has 13 heteroatoms. The van der Waals surface area contributed by atoms with Gasteiger partial charge < -0.3 is 14.6 Å². The number of anilines is 1. The predicted octanol–water partition coefficient (Wildman–Crippen LogP) is 3.14. The van der Waals surface area contributed by atoms with Gasteiger partial charge in [0.25, 0.3) is 15.6 Å². The van der Waals surface area contributed by atoms with Crippen molar-refractivity contribution in [2.75, 3.05) is 18.9 Å². The molecule has 40 heavy (non-hydrogen) atoms. The molecular formula is C27H24N6O6S. The smallest absolute Gasteiger partial charge is 0.321 e. The largest absolute Gasteiger partial charge is 0.494 e. The molecule has 0 atom stereocenters. The fourth-order valence-electron chi connectivity index (χ4n) is 3.74. The molecule has 204 valence electrons. The number of aromatic nitrogens is 3. The van der Waals surface area contributed by atoms with Crippen molar-refractivity contribution in [3.63, 3.8) is 0 Å². The second-order valence-corrected chi connectivity index (χ2v) is 10.0. The Labute approximate surface area is 229 Å². The molecular weight excluding hydrogens is 536 g/mol. The summed E-state index contributed by atoms with van der Waals surface area (Å²) in [5.74, 6) is -0.272. The maximum absolute atomic E-state index is 12.9. The van der Waals surface area contributed by atoms with Crippen molar-refractivity contribution in [2.24, 2.45) is 4.99 Å². The van der Waals surface area contributed by atoms with E-state index in [1.807, 2.05) is 12.1 Å². The van der Waals surface area contributed by atoms with Gasteiger partial charge in [0.1, 0.15) is 11.6 Å². The zero-order valence-electron chi connectivity index (χ0n) is 21.7. The fraction of sp³-hybridized carbons (Fsp3) is 0.148. The molecule has 0 saturated heterocycles. The standard InChI is InChI=1S/C27H24N6O6S/c1-17-21(14-28)25(34)33(16-18-7-5-4-6-8-18)26(35)22(17)15-29-19-9-11-20(12-10-19)40(36,37)32-23-13-24(38-2)31-27(30-23)39-3/h4-13,15,35H,16H2,1-3H3,(H,30,31,32). The van der Waals surface area contributed by atoms with Gasteiger partial charge in [-0.25, -0.2) is 8.42 Å². The van der Waals surface area contributed by atoms with E-state index in [1.165, 1.54) is 50.8 Å². The van der Waals surface area contributed by atoms with Crippen LogP contribution in [-0.2, 0) is 16.6 Å². The average Bonchev–Trinajstić information content (AvgIpc) is 2.95. The maximum atomic E-state index is 12.9. The summed E-state index contributed by atoms with van der Waals surface area (Å²) < 4.78 is 39.2. The highest BCUT2D eigenvalue weighted by Gasteiger charge is 2.19. The highest BCUT2D eigenvalue weighted by Crippen LogP contribution is 2.24. The number of nitrogens with zero attached hydrogens (tertiary/aromatic N) is 5. The molecule has 2 aromatic carbocycles. The summed E-state index contributed by atoms with van der Waals surface area (Å²) in [5.41, 5.74) is 0.872. The first-order chi connectivity index (χ1) is 19.2. The highest BCUT2D eigenvalue weighted by atomic mass is 32.2. The van der Waals surface area contributed by atoms with Crippen LogP contribution in [0.2, 0.25) is 0 Å². The van der Waals surface area contributed by atoms with Crippen LogP contribution < -0.4 is 19.8 Å². The van der Waals surface area contributed by atoms with Crippen LogP contribution in [0.5, 0.6) is 17.8 Å². The normalized spacial score (nSPS) is 11.2. The molecule has 0 fully saturated rings. The van der Waals surface area contributed by atoms with Gasteiger partial charge in [-0.05, 0) is 42.3 Å². The first-order valence-corrected chi connectivity index (χ1v) is 13.2. The Hall–Kier alpha value is -5.22. The second-order valence-electron chi connectivity index (χ2n) is 8.37. The molecule has 0 aliphatic heterocycles. The van der Waals surface area contributed by atoms with Crippen LogP contribution in [0.15, 0.2) is 75.3 Å². The molecule has 0 bridgehead atoms. The minimum Gasteiger partial charge on any atom is -0.494 e. The zero-order valence-corrected chi connectivity index (χ0v) is 22.5. The lowest BCUT2D eigenvalue weighted by Crippen LogP contribution is -2.25. The van der Waals surface area contributed by atoms with Crippen LogP contribution in [0, 0.1) is 18.3 Å². The van der Waals surface area contributed by atoms with Crippen LogP contribution >= 0.6 is 0 Å². The lowest BCUT2D eigenvalue weighted by molar-refractivity contribution is 0.353. The minimum atomic E-state index is -4.03. The summed E-state index contributed by atoms with van der Waals surface area (Å²) >= 11 is 0. The monoisotopic (exact) mass is 560 g/mol. The Bertz CT molecular complexity index is 1760. The van der Waals surface area contributed by atoms with Crippen LogP contribution in [0.1, 0.15) is 22.3 Å². The van der Waals surface area contributed by atoms with E-state index in [9.17, 15) is 23.6 Å². The molecule has 0 aliphatic carbocycles. The van der Waals surface area contributed by atoms with Gasteiger partial charge in [-0.15, -0.1) is 0 Å². The van der Waals surface area contributed by atoms with Gasteiger partial charge in [0.15, 0.2) is 5.82 Å². The van der Waals surface area contributed by atoms with Crippen LogP contribution in [0.3, 0.4) is 0 Å². The molecule has 4 aromatic rings. The Kier molecular flexibility index (Phi) is 8.11. The number of pyridine rings is 1. The summed E-state index contributed by atoms with van der Waals surface area (Å²) in [4.78, 5) is 25.0. The molecule has 0 aliphatic rings. The van der Waals surface area contributed by atoms with Crippen LogP contribution in [0.25, 0.3) is 0 Å². The van der Waals surface area contributed by atoms with Gasteiger partial charge in [-0.3, -0.25) is 19.1 Å². The number of aromatic hydroxyl groups is 1. The van der Waals surface area contributed by atoms with Crippen LogP contribution in [0.4, 0.5) is 11.5 Å². The lowest BCUT2D eigenvalue weighted by atomic mass is 10.1. The van der Waals surface area contributed by atoms with Crippen molar-refractivity contribution in [3.8, 4) is 23.8 Å². The molecule has 12 nitrogen and oxygen atoms in total. The van der Waals surface area contributed by atoms with E-state index in [-0.39, 0.29) is 51.7 Å². The van der Waals surface area contributed by atoms with E-state index in [4.69, 9.17) is 9.47 Å². The van der Waals surface area contributed by atoms with Gasteiger partial charge in [0.05, 0.1) is 36.9 Å². The quantitative estimate of drug-likeness (QED) is 0.292. The summed E-state index contributed by atoms with van der Waals surface area (Å²) in [6, 6.07) is 17.8. The van der Waals surface area contributed by atoms with E-state index in [2.05, 4.69) is 19.7 Å². The number of nitrogens with one attached hydrogen (secondary N) is 1. The average molecular weight is 561 g/mol. The van der Waals surface area contributed by atoms with E-state index < -0.39 is 15.6 Å². The van der Waals surface area contributed by atoms with Gasteiger partial charge >= 0.3 is 6.01 Å².